The number of benzene rings is 2. The van der Waals surface area contributed by atoms with Crippen molar-refractivity contribution in [1.29, 1.82) is 0 Å². The van der Waals surface area contributed by atoms with Crippen LogP contribution >= 0.6 is 0 Å². The van der Waals surface area contributed by atoms with Crippen LogP contribution in [-0.4, -0.2) is 50.7 Å². The van der Waals surface area contributed by atoms with E-state index in [2.05, 4.69) is 22.3 Å². The Morgan fingerprint density at radius 1 is 1.15 bits per heavy atom. The molecule has 2 aromatic rings. The SMILES string of the molecule is CN(CC(=O)Nc1ccccc1F)Cc1ccccc1N1CCOCC1. The maximum Gasteiger partial charge on any atom is 0.238 e. The molecular weight excluding hydrogens is 333 g/mol. The van der Waals surface area contributed by atoms with Crippen molar-refractivity contribution in [3.63, 3.8) is 0 Å². The van der Waals surface area contributed by atoms with Gasteiger partial charge < -0.3 is 15.0 Å². The third kappa shape index (κ3) is 4.80. The molecule has 6 heteroatoms. The van der Waals surface area contributed by atoms with E-state index in [4.69, 9.17) is 4.74 Å². The molecular formula is C20H24FN3O2. The minimum Gasteiger partial charge on any atom is -0.378 e. The summed E-state index contributed by atoms with van der Waals surface area (Å²) in [6, 6.07) is 14.4. The molecule has 0 saturated carbocycles. The van der Waals surface area contributed by atoms with E-state index >= 15 is 0 Å². The summed E-state index contributed by atoms with van der Waals surface area (Å²) in [5.74, 6) is -0.664. The number of carbonyl (C=O) groups is 1. The van der Waals surface area contributed by atoms with Crippen LogP contribution in [0.4, 0.5) is 15.8 Å². The first kappa shape index (κ1) is 18.4. The Morgan fingerprint density at radius 3 is 2.62 bits per heavy atom. The third-order valence-electron chi connectivity index (χ3n) is 4.35. The van der Waals surface area contributed by atoms with Gasteiger partial charge in [-0.2, -0.15) is 0 Å². The van der Waals surface area contributed by atoms with Crippen molar-refractivity contribution in [2.75, 3.05) is 50.1 Å². The number of morpholine rings is 1. The van der Waals surface area contributed by atoms with E-state index in [-0.39, 0.29) is 18.1 Å². The van der Waals surface area contributed by atoms with Crippen LogP contribution in [0.25, 0.3) is 0 Å². The number of carbonyl (C=O) groups excluding carboxylic acids is 1. The average Bonchev–Trinajstić information content (AvgIpc) is 2.64. The number of nitrogens with one attached hydrogen (secondary N) is 1. The van der Waals surface area contributed by atoms with E-state index in [1.54, 1.807) is 18.2 Å². The highest BCUT2D eigenvalue weighted by atomic mass is 19.1. The van der Waals surface area contributed by atoms with E-state index in [1.807, 2.05) is 24.1 Å². The summed E-state index contributed by atoms with van der Waals surface area (Å²) in [6.07, 6.45) is 0. The molecule has 0 radical (unpaired) electrons. The van der Waals surface area contributed by atoms with Gasteiger partial charge in [-0.3, -0.25) is 9.69 Å². The summed E-state index contributed by atoms with van der Waals surface area (Å²) in [5, 5.41) is 2.62. The van der Waals surface area contributed by atoms with Crippen LogP contribution in [0, 0.1) is 5.82 Å². The zero-order valence-corrected chi connectivity index (χ0v) is 15.0. The molecule has 1 amide bonds. The van der Waals surface area contributed by atoms with Gasteiger partial charge in [0.15, 0.2) is 0 Å². The van der Waals surface area contributed by atoms with Crippen LogP contribution in [0.1, 0.15) is 5.56 Å². The van der Waals surface area contributed by atoms with Crippen LogP contribution in [0.2, 0.25) is 0 Å². The summed E-state index contributed by atoms with van der Waals surface area (Å²) in [5.41, 5.74) is 2.55. The smallest absolute Gasteiger partial charge is 0.238 e. The van der Waals surface area contributed by atoms with Gasteiger partial charge in [-0.25, -0.2) is 4.39 Å². The molecule has 0 bridgehead atoms. The van der Waals surface area contributed by atoms with Crippen LogP contribution in [0.3, 0.4) is 0 Å². The molecule has 1 heterocycles. The van der Waals surface area contributed by atoms with Crippen LogP contribution < -0.4 is 10.2 Å². The second-order valence-corrected chi connectivity index (χ2v) is 6.43. The Bertz CT molecular complexity index is 747. The summed E-state index contributed by atoms with van der Waals surface area (Å²) < 4.78 is 19.1. The lowest BCUT2D eigenvalue weighted by molar-refractivity contribution is -0.117. The number of hydrogen-bond acceptors (Lipinski definition) is 4. The fourth-order valence-corrected chi connectivity index (χ4v) is 3.10. The van der Waals surface area contributed by atoms with Crippen molar-refractivity contribution < 1.29 is 13.9 Å². The number of amides is 1. The third-order valence-corrected chi connectivity index (χ3v) is 4.35. The molecule has 1 aliphatic rings. The molecule has 1 fully saturated rings. The molecule has 26 heavy (non-hydrogen) atoms. The molecule has 0 aliphatic carbocycles. The molecule has 1 saturated heterocycles. The number of rotatable bonds is 6. The summed E-state index contributed by atoms with van der Waals surface area (Å²) in [4.78, 5) is 16.4. The first-order chi connectivity index (χ1) is 12.6. The topological polar surface area (TPSA) is 44.8 Å². The minimum atomic E-state index is -0.429. The fraction of sp³-hybridized carbons (Fsp3) is 0.350. The van der Waals surface area contributed by atoms with Gasteiger partial charge in [0.05, 0.1) is 25.4 Å². The quantitative estimate of drug-likeness (QED) is 0.863. The highest BCUT2D eigenvalue weighted by molar-refractivity contribution is 5.92. The predicted octanol–water partition coefficient (Wildman–Crippen LogP) is 2.73. The van der Waals surface area contributed by atoms with Gasteiger partial charge in [-0.15, -0.1) is 0 Å². The Balaban J connectivity index is 1.60. The van der Waals surface area contributed by atoms with Crippen molar-refractivity contribution in [3.05, 3.63) is 59.9 Å². The lowest BCUT2D eigenvalue weighted by atomic mass is 10.1. The standard InChI is InChI=1S/C20H24FN3O2/c1-23(15-20(25)22-18-8-4-3-7-17(18)21)14-16-6-2-5-9-19(16)24-10-12-26-13-11-24/h2-9H,10-15H2,1H3,(H,22,25). The van der Waals surface area contributed by atoms with Crippen molar-refractivity contribution in [3.8, 4) is 0 Å². The Morgan fingerprint density at radius 2 is 1.85 bits per heavy atom. The zero-order chi connectivity index (χ0) is 18.4. The van der Waals surface area contributed by atoms with Crippen LogP contribution in [0.5, 0.6) is 0 Å². The average molecular weight is 357 g/mol. The van der Waals surface area contributed by atoms with E-state index in [0.717, 1.165) is 31.9 Å². The number of ether oxygens (including phenoxy) is 1. The maximum absolute atomic E-state index is 13.6. The second-order valence-electron chi connectivity index (χ2n) is 6.43. The number of para-hydroxylation sites is 2. The molecule has 138 valence electrons. The molecule has 2 aromatic carbocycles. The Labute approximate surface area is 153 Å². The van der Waals surface area contributed by atoms with Crippen molar-refractivity contribution in [2.45, 2.75) is 6.54 Å². The van der Waals surface area contributed by atoms with Gasteiger partial charge in [-0.05, 0) is 30.8 Å². The van der Waals surface area contributed by atoms with Crippen LogP contribution in [0.15, 0.2) is 48.5 Å². The zero-order valence-electron chi connectivity index (χ0n) is 15.0. The van der Waals surface area contributed by atoms with Gasteiger partial charge in [0.1, 0.15) is 5.82 Å². The number of nitrogens with zero attached hydrogens (tertiary/aromatic N) is 2. The van der Waals surface area contributed by atoms with E-state index in [1.165, 1.54) is 11.8 Å². The lowest BCUT2D eigenvalue weighted by Gasteiger charge is -2.31. The van der Waals surface area contributed by atoms with Gasteiger partial charge >= 0.3 is 0 Å². The van der Waals surface area contributed by atoms with E-state index in [0.29, 0.717) is 6.54 Å². The summed E-state index contributed by atoms with van der Waals surface area (Å²) in [6.45, 7) is 4.03. The molecule has 0 aromatic heterocycles. The summed E-state index contributed by atoms with van der Waals surface area (Å²) in [7, 11) is 1.89. The largest absolute Gasteiger partial charge is 0.378 e. The first-order valence-corrected chi connectivity index (χ1v) is 8.77. The van der Waals surface area contributed by atoms with Crippen molar-refractivity contribution >= 4 is 17.3 Å². The number of likely N-dealkylation sites (N-methyl/N-ethyl adjacent to an activating group) is 1. The van der Waals surface area contributed by atoms with Crippen LogP contribution in [-0.2, 0) is 16.1 Å². The van der Waals surface area contributed by atoms with Crippen molar-refractivity contribution in [2.24, 2.45) is 0 Å². The van der Waals surface area contributed by atoms with Gasteiger partial charge in [0, 0.05) is 25.3 Å². The van der Waals surface area contributed by atoms with Gasteiger partial charge in [-0.1, -0.05) is 30.3 Å². The molecule has 0 unspecified atom stereocenters. The Hall–Kier alpha value is -2.44. The normalized spacial score (nSPS) is 14.5. The van der Waals surface area contributed by atoms with E-state index < -0.39 is 5.82 Å². The van der Waals surface area contributed by atoms with Gasteiger partial charge in [0.25, 0.3) is 0 Å². The highest BCUT2D eigenvalue weighted by Crippen LogP contribution is 2.22. The molecule has 1 aliphatic heterocycles. The monoisotopic (exact) mass is 357 g/mol. The fourth-order valence-electron chi connectivity index (χ4n) is 3.10. The second kappa shape index (κ2) is 8.78. The number of halogens is 1. The van der Waals surface area contributed by atoms with Gasteiger partial charge in [0.2, 0.25) is 5.91 Å². The molecule has 0 atom stereocenters. The maximum atomic E-state index is 13.6. The molecule has 1 N–H and O–H groups in total. The molecule has 3 rings (SSSR count). The summed E-state index contributed by atoms with van der Waals surface area (Å²) >= 11 is 0. The number of anilines is 2. The predicted molar refractivity (Wildman–Crippen MR) is 101 cm³/mol. The van der Waals surface area contributed by atoms with Crippen molar-refractivity contribution in [1.82, 2.24) is 4.90 Å². The molecule has 5 nitrogen and oxygen atoms in total. The first-order valence-electron chi connectivity index (χ1n) is 8.77. The Kier molecular flexibility index (Phi) is 6.20. The number of hydrogen-bond donors (Lipinski definition) is 1. The van der Waals surface area contributed by atoms with E-state index in [9.17, 15) is 9.18 Å². The lowest BCUT2D eigenvalue weighted by Crippen LogP contribution is -2.37. The molecule has 0 spiro atoms. The minimum absolute atomic E-state index is 0.186. The highest BCUT2D eigenvalue weighted by Gasteiger charge is 2.16.